The Labute approximate surface area is 142 Å². The van der Waals surface area contributed by atoms with Gasteiger partial charge in [-0.25, -0.2) is 4.98 Å². The van der Waals surface area contributed by atoms with Gasteiger partial charge in [-0.15, -0.1) is 0 Å². The van der Waals surface area contributed by atoms with E-state index in [2.05, 4.69) is 42.8 Å². The van der Waals surface area contributed by atoms with Crippen LogP contribution in [0.15, 0.2) is 12.3 Å². The number of rotatable bonds is 4. The third-order valence-electron chi connectivity index (χ3n) is 5.39. The lowest BCUT2D eigenvalue weighted by Gasteiger charge is -2.38. The molecule has 1 atom stereocenters. The lowest BCUT2D eigenvalue weighted by molar-refractivity contribution is 0.131. The smallest absolute Gasteiger partial charge is 0.128 e. The number of hydrogen-bond acceptors (Lipinski definition) is 3. The highest BCUT2D eigenvalue weighted by Gasteiger charge is 2.26. The van der Waals surface area contributed by atoms with Gasteiger partial charge in [-0.3, -0.25) is 4.90 Å². The molecule has 0 aromatic carbocycles. The van der Waals surface area contributed by atoms with Crippen LogP contribution in [0.5, 0.6) is 0 Å². The van der Waals surface area contributed by atoms with Crippen LogP contribution in [0.4, 0.5) is 5.82 Å². The van der Waals surface area contributed by atoms with Crippen LogP contribution >= 0.6 is 0 Å². The van der Waals surface area contributed by atoms with Crippen molar-refractivity contribution in [3.05, 3.63) is 23.4 Å². The zero-order valence-corrected chi connectivity index (χ0v) is 15.2. The molecule has 2 aliphatic heterocycles. The van der Waals surface area contributed by atoms with E-state index in [1.165, 1.54) is 81.6 Å². The molecule has 0 N–H and O–H groups in total. The second kappa shape index (κ2) is 7.65. The van der Waals surface area contributed by atoms with Crippen LogP contribution in [0.3, 0.4) is 0 Å². The number of aromatic nitrogens is 1. The Morgan fingerprint density at radius 3 is 2.52 bits per heavy atom. The molecule has 3 nitrogen and oxygen atoms in total. The van der Waals surface area contributed by atoms with Crippen LogP contribution in [0.25, 0.3) is 0 Å². The van der Waals surface area contributed by atoms with E-state index < -0.39 is 0 Å². The third kappa shape index (κ3) is 4.06. The molecule has 0 saturated carbocycles. The highest BCUT2D eigenvalue weighted by molar-refractivity contribution is 5.44. The van der Waals surface area contributed by atoms with Gasteiger partial charge in [-0.2, -0.15) is 0 Å². The van der Waals surface area contributed by atoms with Crippen LogP contribution in [-0.4, -0.2) is 36.1 Å². The van der Waals surface area contributed by atoms with Gasteiger partial charge in [0, 0.05) is 31.9 Å². The maximum atomic E-state index is 4.85. The summed E-state index contributed by atoms with van der Waals surface area (Å²) < 4.78 is 0. The topological polar surface area (TPSA) is 19.4 Å². The van der Waals surface area contributed by atoms with Crippen LogP contribution < -0.4 is 4.90 Å². The summed E-state index contributed by atoms with van der Waals surface area (Å²) >= 11 is 0. The Bertz CT molecular complexity index is 506. The fourth-order valence-electron chi connectivity index (χ4n) is 4.23. The van der Waals surface area contributed by atoms with Gasteiger partial charge in [0.05, 0.1) is 0 Å². The van der Waals surface area contributed by atoms with Gasteiger partial charge in [0.2, 0.25) is 0 Å². The zero-order valence-electron chi connectivity index (χ0n) is 15.2. The first kappa shape index (κ1) is 16.8. The molecule has 1 aromatic rings. The lowest BCUT2D eigenvalue weighted by Crippen LogP contribution is -2.36. The second-order valence-corrected chi connectivity index (χ2v) is 7.85. The minimum atomic E-state index is 0.578. The minimum Gasteiger partial charge on any atom is -0.357 e. The van der Waals surface area contributed by atoms with Crippen LogP contribution in [0, 0.1) is 12.8 Å². The van der Waals surface area contributed by atoms with E-state index in [0.29, 0.717) is 6.04 Å². The standard InChI is InChI=1S/C20H33N3/c1-16(2)15-23-12-8-5-9-19(23)18-14-21-20(13-17(18)3)22-10-6-4-7-11-22/h13-14,16,19H,4-12,15H2,1-3H3/t19-/m1/s1. The van der Waals surface area contributed by atoms with Crippen molar-refractivity contribution >= 4 is 5.82 Å². The van der Waals surface area contributed by atoms with Crippen molar-refractivity contribution < 1.29 is 0 Å². The SMILES string of the molecule is Cc1cc(N2CCCCC2)ncc1[C@H]1CCCCN1CC(C)C. The molecule has 2 aliphatic rings. The normalized spacial score (nSPS) is 23.5. The number of nitrogens with zero attached hydrogens (tertiary/aromatic N) is 3. The monoisotopic (exact) mass is 315 g/mol. The Kier molecular flexibility index (Phi) is 5.58. The van der Waals surface area contributed by atoms with Gasteiger partial charge < -0.3 is 4.90 Å². The average Bonchev–Trinajstić information content (AvgIpc) is 2.56. The van der Waals surface area contributed by atoms with Crippen LogP contribution in [0.1, 0.15) is 69.5 Å². The molecule has 1 aromatic heterocycles. The molecule has 2 fully saturated rings. The predicted molar refractivity (Wildman–Crippen MR) is 98.0 cm³/mol. The summed E-state index contributed by atoms with van der Waals surface area (Å²) in [6.45, 7) is 11.7. The number of likely N-dealkylation sites (tertiary alicyclic amines) is 1. The van der Waals surface area contributed by atoms with Crippen LogP contribution in [0.2, 0.25) is 0 Å². The molecule has 3 heterocycles. The van der Waals surface area contributed by atoms with Gasteiger partial charge in [0.25, 0.3) is 0 Å². The third-order valence-corrected chi connectivity index (χ3v) is 5.39. The summed E-state index contributed by atoms with van der Waals surface area (Å²) in [4.78, 5) is 10.0. The highest BCUT2D eigenvalue weighted by atomic mass is 15.2. The molecule has 0 unspecified atom stereocenters. The molecule has 128 valence electrons. The summed E-state index contributed by atoms with van der Waals surface area (Å²) in [7, 11) is 0. The molecule has 0 radical (unpaired) electrons. The molecule has 0 aliphatic carbocycles. The summed E-state index contributed by atoms with van der Waals surface area (Å²) in [5.41, 5.74) is 2.90. The molecule has 0 spiro atoms. The Morgan fingerprint density at radius 1 is 1.09 bits per heavy atom. The number of anilines is 1. The van der Waals surface area contributed by atoms with E-state index in [-0.39, 0.29) is 0 Å². The van der Waals surface area contributed by atoms with E-state index >= 15 is 0 Å². The minimum absolute atomic E-state index is 0.578. The van der Waals surface area contributed by atoms with Crippen molar-refractivity contribution in [2.75, 3.05) is 31.1 Å². The maximum Gasteiger partial charge on any atom is 0.128 e. The van der Waals surface area contributed by atoms with Gasteiger partial charge in [0.1, 0.15) is 5.82 Å². The molecule has 0 amide bonds. The van der Waals surface area contributed by atoms with Crippen LogP contribution in [-0.2, 0) is 0 Å². The average molecular weight is 316 g/mol. The largest absolute Gasteiger partial charge is 0.357 e. The molecular weight excluding hydrogens is 282 g/mol. The van der Waals surface area contributed by atoms with Crippen molar-refractivity contribution in [3.63, 3.8) is 0 Å². The summed E-state index contributed by atoms with van der Waals surface area (Å²) in [5, 5.41) is 0. The van der Waals surface area contributed by atoms with E-state index in [1.54, 1.807) is 0 Å². The Balaban J connectivity index is 1.78. The maximum absolute atomic E-state index is 4.85. The van der Waals surface area contributed by atoms with Crippen molar-refractivity contribution in [1.29, 1.82) is 0 Å². The van der Waals surface area contributed by atoms with E-state index in [1.807, 2.05) is 0 Å². The number of pyridine rings is 1. The first-order chi connectivity index (χ1) is 11.1. The lowest BCUT2D eigenvalue weighted by atomic mass is 9.92. The highest BCUT2D eigenvalue weighted by Crippen LogP contribution is 2.34. The Morgan fingerprint density at radius 2 is 1.83 bits per heavy atom. The van der Waals surface area contributed by atoms with E-state index in [0.717, 1.165) is 5.92 Å². The predicted octanol–water partition coefficient (Wildman–Crippen LogP) is 4.56. The second-order valence-electron chi connectivity index (χ2n) is 7.85. The summed E-state index contributed by atoms with van der Waals surface area (Å²) in [6, 6.07) is 2.91. The first-order valence-corrected chi connectivity index (χ1v) is 9.60. The van der Waals surface area contributed by atoms with E-state index in [9.17, 15) is 0 Å². The van der Waals surface area contributed by atoms with Crippen molar-refractivity contribution in [2.24, 2.45) is 5.92 Å². The molecule has 3 heteroatoms. The fourth-order valence-corrected chi connectivity index (χ4v) is 4.23. The van der Waals surface area contributed by atoms with E-state index in [4.69, 9.17) is 4.98 Å². The number of aryl methyl sites for hydroxylation is 1. The van der Waals surface area contributed by atoms with Crippen molar-refractivity contribution in [1.82, 2.24) is 9.88 Å². The zero-order chi connectivity index (χ0) is 16.2. The van der Waals surface area contributed by atoms with Gasteiger partial charge in [-0.1, -0.05) is 20.3 Å². The summed E-state index contributed by atoms with van der Waals surface area (Å²) in [6.07, 6.45) is 10.2. The quantitative estimate of drug-likeness (QED) is 0.812. The van der Waals surface area contributed by atoms with Gasteiger partial charge >= 0.3 is 0 Å². The van der Waals surface area contributed by atoms with Crippen molar-refractivity contribution in [2.45, 2.75) is 65.3 Å². The molecule has 2 saturated heterocycles. The molecular formula is C20H33N3. The van der Waals surface area contributed by atoms with Gasteiger partial charge in [-0.05, 0) is 68.7 Å². The number of hydrogen-bond donors (Lipinski definition) is 0. The first-order valence-electron chi connectivity index (χ1n) is 9.60. The molecule has 23 heavy (non-hydrogen) atoms. The summed E-state index contributed by atoms with van der Waals surface area (Å²) in [5.74, 6) is 1.92. The molecule has 0 bridgehead atoms. The Hall–Kier alpha value is -1.09. The fraction of sp³-hybridized carbons (Fsp3) is 0.750. The molecule has 3 rings (SSSR count). The number of piperidine rings is 2. The van der Waals surface area contributed by atoms with Crippen molar-refractivity contribution in [3.8, 4) is 0 Å². The van der Waals surface area contributed by atoms with Gasteiger partial charge in [0.15, 0.2) is 0 Å².